The van der Waals surface area contributed by atoms with Crippen LogP contribution in [-0.2, 0) is 27.3 Å². The van der Waals surface area contributed by atoms with Gasteiger partial charge in [-0.1, -0.05) is 68.2 Å². The van der Waals surface area contributed by atoms with Crippen molar-refractivity contribution in [2.45, 2.75) is 57.2 Å². The molecular formula is C27H31N3O4Si. The van der Waals surface area contributed by atoms with Gasteiger partial charge in [0.15, 0.2) is 0 Å². The molecule has 182 valence electrons. The third kappa shape index (κ3) is 4.50. The van der Waals surface area contributed by atoms with Crippen molar-refractivity contribution in [2.24, 2.45) is 0 Å². The molecule has 5 rings (SSSR count). The molecule has 1 fully saturated rings. The summed E-state index contributed by atoms with van der Waals surface area (Å²) in [4.78, 5) is 46.6. The van der Waals surface area contributed by atoms with Crippen LogP contribution in [0.5, 0.6) is 0 Å². The minimum atomic E-state index is -1.38. The summed E-state index contributed by atoms with van der Waals surface area (Å²) in [5.74, 6) is -0.635. The molecule has 0 spiro atoms. The zero-order chi connectivity index (χ0) is 24.7. The van der Waals surface area contributed by atoms with Crippen molar-refractivity contribution in [3.05, 3.63) is 71.4 Å². The molecule has 8 heteroatoms. The van der Waals surface area contributed by atoms with Gasteiger partial charge in [-0.25, -0.2) is 9.59 Å². The Bertz CT molecular complexity index is 1280. The molecule has 1 aromatic heterocycles. The third-order valence-electron chi connectivity index (χ3n) is 6.92. The number of rotatable bonds is 6. The van der Waals surface area contributed by atoms with Crippen molar-refractivity contribution >= 4 is 36.9 Å². The normalized spacial score (nSPS) is 20.1. The largest absolute Gasteiger partial charge is 0.464 e. The van der Waals surface area contributed by atoms with Gasteiger partial charge in [0.25, 0.3) is 0 Å². The van der Waals surface area contributed by atoms with E-state index in [1.54, 1.807) is 4.90 Å². The van der Waals surface area contributed by atoms with E-state index in [4.69, 9.17) is 4.74 Å². The fourth-order valence-corrected chi connectivity index (χ4v) is 5.75. The highest BCUT2D eigenvalue weighted by Gasteiger charge is 2.50. The van der Waals surface area contributed by atoms with Crippen molar-refractivity contribution in [2.75, 3.05) is 6.61 Å². The summed E-state index contributed by atoms with van der Waals surface area (Å²) in [7, 11) is -1.38. The molecule has 0 saturated carbocycles. The second-order valence-electron chi connectivity index (χ2n) is 10.6. The zero-order valence-electron chi connectivity index (χ0n) is 20.4. The van der Waals surface area contributed by atoms with Gasteiger partial charge in [0.05, 0.1) is 25.6 Å². The first-order valence-corrected chi connectivity index (χ1v) is 15.9. The highest BCUT2D eigenvalue weighted by molar-refractivity contribution is 6.76. The van der Waals surface area contributed by atoms with Gasteiger partial charge in [-0.15, -0.1) is 0 Å². The number of hydrogen-bond acceptors (Lipinski definition) is 4. The maximum Gasteiger partial charge on any atom is 0.329 e. The van der Waals surface area contributed by atoms with E-state index in [2.05, 4.69) is 24.6 Å². The van der Waals surface area contributed by atoms with Crippen molar-refractivity contribution in [3.63, 3.8) is 0 Å². The number of H-pyrrole nitrogens is 1. The van der Waals surface area contributed by atoms with Gasteiger partial charge in [0.1, 0.15) is 6.04 Å². The van der Waals surface area contributed by atoms with Crippen molar-refractivity contribution in [1.82, 2.24) is 14.8 Å². The number of nitrogens with one attached hydrogen (secondary N) is 1. The second-order valence-corrected chi connectivity index (χ2v) is 16.3. The average molecular weight is 490 g/mol. The number of ether oxygens (including phenoxy) is 1. The molecule has 35 heavy (non-hydrogen) atoms. The molecule has 0 bridgehead atoms. The van der Waals surface area contributed by atoms with E-state index in [9.17, 15) is 14.4 Å². The van der Waals surface area contributed by atoms with E-state index in [0.717, 1.165) is 33.8 Å². The van der Waals surface area contributed by atoms with E-state index in [0.29, 0.717) is 13.0 Å². The number of carbonyl (C=O) groups is 3. The number of carbonyl (C=O) groups excluding carboxylic acids is 3. The summed E-state index contributed by atoms with van der Waals surface area (Å²) in [5.41, 5.74) is 3.64. The number of amides is 3. The first kappa shape index (κ1) is 23.4. The predicted octanol–water partition coefficient (Wildman–Crippen LogP) is 4.87. The summed E-state index contributed by atoms with van der Waals surface area (Å²) >= 11 is 0. The summed E-state index contributed by atoms with van der Waals surface area (Å²) in [6.07, 6.45) is 0.484. The quantitative estimate of drug-likeness (QED) is 0.396. The summed E-state index contributed by atoms with van der Waals surface area (Å²) in [6.45, 7) is 7.23. The second kappa shape index (κ2) is 9.00. The summed E-state index contributed by atoms with van der Waals surface area (Å²) < 4.78 is 5.73. The van der Waals surface area contributed by atoms with Crippen LogP contribution in [-0.4, -0.2) is 53.4 Å². The van der Waals surface area contributed by atoms with Crippen molar-refractivity contribution < 1.29 is 19.1 Å². The number of aromatic amines is 1. The minimum absolute atomic E-state index is 0.122. The van der Waals surface area contributed by atoms with E-state index >= 15 is 0 Å². The van der Waals surface area contributed by atoms with Crippen LogP contribution in [0.25, 0.3) is 10.9 Å². The molecule has 0 radical (unpaired) electrons. The van der Waals surface area contributed by atoms with Crippen LogP contribution < -0.4 is 0 Å². The number of imide groups is 1. The van der Waals surface area contributed by atoms with Gasteiger partial charge in [-0.2, -0.15) is 0 Å². The number of benzene rings is 2. The summed E-state index contributed by atoms with van der Waals surface area (Å²) in [6, 6.07) is 16.5. The monoisotopic (exact) mass is 489 g/mol. The van der Waals surface area contributed by atoms with Gasteiger partial charge >= 0.3 is 12.0 Å². The van der Waals surface area contributed by atoms with Gasteiger partial charge in [0, 0.05) is 31.1 Å². The van der Waals surface area contributed by atoms with E-state index < -0.39 is 32.2 Å². The number of esters is 1. The molecule has 3 heterocycles. The standard InChI is InChI=1S/C27H31N3O4Si/c1-35(2,3)14-13-34-26(32)23-15-20-19-11-7-8-12-21(19)28-25(20)22-16-24(31)29(27(33)30(22)23)17-18-9-5-4-6-10-18/h4-12,22-23,28H,13-17H2,1-3H3/t22-,23-/m0/s1. The van der Waals surface area contributed by atoms with Crippen LogP contribution in [0.2, 0.25) is 25.7 Å². The molecule has 0 unspecified atom stereocenters. The van der Waals surface area contributed by atoms with Crippen LogP contribution in [0.3, 0.4) is 0 Å². The fraction of sp³-hybridized carbons (Fsp3) is 0.370. The predicted molar refractivity (Wildman–Crippen MR) is 136 cm³/mol. The lowest BCUT2D eigenvalue weighted by Gasteiger charge is -2.46. The number of aromatic nitrogens is 1. The van der Waals surface area contributed by atoms with E-state index in [-0.39, 0.29) is 18.9 Å². The van der Waals surface area contributed by atoms with Gasteiger partial charge in [-0.3, -0.25) is 9.69 Å². The van der Waals surface area contributed by atoms with Crippen LogP contribution in [0, 0.1) is 0 Å². The molecule has 7 nitrogen and oxygen atoms in total. The maximum atomic E-state index is 13.8. The highest BCUT2D eigenvalue weighted by Crippen LogP contribution is 2.42. The van der Waals surface area contributed by atoms with Crippen LogP contribution in [0.1, 0.15) is 29.3 Å². The molecule has 2 aromatic carbocycles. The van der Waals surface area contributed by atoms with Gasteiger partial charge in [-0.05, 0) is 23.2 Å². The van der Waals surface area contributed by atoms with Gasteiger partial charge in [0.2, 0.25) is 5.91 Å². The number of fused-ring (bicyclic) bond motifs is 5. The summed E-state index contributed by atoms with van der Waals surface area (Å²) in [5, 5.41) is 1.02. The Hall–Kier alpha value is -3.39. The molecule has 2 aliphatic heterocycles. The number of nitrogens with zero attached hydrogens (tertiary/aromatic N) is 2. The van der Waals surface area contributed by atoms with Crippen LogP contribution >= 0.6 is 0 Å². The number of para-hydroxylation sites is 1. The average Bonchev–Trinajstić information content (AvgIpc) is 3.20. The Kier molecular flexibility index (Phi) is 6.00. The first-order valence-electron chi connectivity index (χ1n) is 12.2. The lowest BCUT2D eigenvalue weighted by atomic mass is 9.88. The highest BCUT2D eigenvalue weighted by atomic mass is 28.3. The lowest BCUT2D eigenvalue weighted by molar-refractivity contribution is -0.153. The Morgan fingerprint density at radius 1 is 1.03 bits per heavy atom. The zero-order valence-corrected chi connectivity index (χ0v) is 21.4. The minimum Gasteiger partial charge on any atom is -0.464 e. The Morgan fingerprint density at radius 3 is 2.49 bits per heavy atom. The van der Waals surface area contributed by atoms with Crippen molar-refractivity contribution in [3.8, 4) is 0 Å². The number of urea groups is 1. The lowest BCUT2D eigenvalue weighted by Crippen LogP contribution is -2.60. The first-order chi connectivity index (χ1) is 16.7. The Morgan fingerprint density at radius 2 is 1.74 bits per heavy atom. The van der Waals surface area contributed by atoms with Gasteiger partial charge < -0.3 is 14.6 Å². The van der Waals surface area contributed by atoms with Crippen LogP contribution in [0.4, 0.5) is 4.79 Å². The molecule has 3 aromatic rings. The molecule has 1 saturated heterocycles. The molecule has 2 atom stereocenters. The SMILES string of the molecule is C[Si](C)(C)CCOC(=O)[C@@H]1Cc2c([nH]c3ccccc23)[C@@H]2CC(=O)N(Cc3ccccc3)C(=O)N12. The topological polar surface area (TPSA) is 82.7 Å². The van der Waals surface area contributed by atoms with E-state index in [1.807, 2.05) is 54.6 Å². The molecule has 0 aliphatic carbocycles. The van der Waals surface area contributed by atoms with Crippen molar-refractivity contribution in [1.29, 1.82) is 0 Å². The molecular weight excluding hydrogens is 458 g/mol. The maximum absolute atomic E-state index is 13.8. The van der Waals surface area contributed by atoms with Crippen LogP contribution in [0.15, 0.2) is 54.6 Å². The third-order valence-corrected chi connectivity index (χ3v) is 8.63. The molecule has 3 amide bonds. The Labute approximate surface area is 206 Å². The molecule has 2 aliphatic rings. The molecule has 1 N–H and O–H groups in total. The fourth-order valence-electron chi connectivity index (χ4n) is 5.03. The van der Waals surface area contributed by atoms with E-state index in [1.165, 1.54) is 4.90 Å². The number of hydrogen-bond donors (Lipinski definition) is 1. The Balaban J connectivity index is 1.50. The smallest absolute Gasteiger partial charge is 0.329 e.